The van der Waals surface area contributed by atoms with Gasteiger partial charge < -0.3 is 0 Å². The monoisotopic (exact) mass is 298 g/mol. The molecule has 0 atom stereocenters. The maximum Gasteiger partial charge on any atom is 0.416 e. The summed E-state index contributed by atoms with van der Waals surface area (Å²) in [5, 5.41) is 13.0. The highest BCUT2D eigenvalue weighted by molar-refractivity contribution is 7.16. The molecule has 2 aromatic heterocycles. The first-order chi connectivity index (χ1) is 9.49. The minimum atomic E-state index is -4.38. The molecule has 0 saturated carbocycles. The number of rotatable bonds is 2. The molecule has 0 N–H and O–H groups in total. The zero-order valence-corrected chi connectivity index (χ0v) is 11.2. The van der Waals surface area contributed by atoms with E-state index in [1.807, 2.05) is 6.92 Å². The van der Waals surface area contributed by atoms with E-state index < -0.39 is 11.7 Å². The standard InChI is InChI=1S/C12H9F3N4S/c1-2-9-18-19-10(16-17-11(19)20-9)7-4-3-5-8(6-7)12(13,14)15/h3-6H,2H2,1H3. The Labute approximate surface area is 115 Å². The van der Waals surface area contributed by atoms with Crippen molar-refractivity contribution in [2.45, 2.75) is 19.5 Å². The van der Waals surface area contributed by atoms with E-state index in [2.05, 4.69) is 15.3 Å². The number of hydrogen-bond acceptors (Lipinski definition) is 4. The third-order valence-electron chi connectivity index (χ3n) is 2.78. The molecule has 8 heteroatoms. The molecule has 0 bridgehead atoms. The Hall–Kier alpha value is -1.96. The Balaban J connectivity index is 2.13. The van der Waals surface area contributed by atoms with E-state index in [1.54, 1.807) is 6.07 Å². The van der Waals surface area contributed by atoms with Gasteiger partial charge in [-0.1, -0.05) is 30.4 Å². The second kappa shape index (κ2) is 4.55. The first-order valence-corrected chi connectivity index (χ1v) is 6.69. The van der Waals surface area contributed by atoms with Gasteiger partial charge in [0, 0.05) is 5.56 Å². The molecule has 3 aromatic rings. The lowest BCUT2D eigenvalue weighted by Crippen LogP contribution is -2.05. The van der Waals surface area contributed by atoms with E-state index in [4.69, 9.17) is 0 Å². The van der Waals surface area contributed by atoms with Crippen LogP contribution in [-0.2, 0) is 12.6 Å². The molecule has 4 nitrogen and oxygen atoms in total. The summed E-state index contributed by atoms with van der Waals surface area (Å²) in [4.78, 5) is 0.578. The van der Waals surface area contributed by atoms with Crippen molar-refractivity contribution in [1.29, 1.82) is 0 Å². The summed E-state index contributed by atoms with van der Waals surface area (Å²) in [6, 6.07) is 5.00. The van der Waals surface area contributed by atoms with Gasteiger partial charge in [0.2, 0.25) is 4.96 Å². The molecule has 3 rings (SSSR count). The molecular weight excluding hydrogens is 289 g/mol. The maximum atomic E-state index is 12.7. The number of halogens is 3. The molecule has 0 spiro atoms. The fourth-order valence-electron chi connectivity index (χ4n) is 1.81. The molecule has 0 aliphatic carbocycles. The van der Waals surface area contributed by atoms with Crippen molar-refractivity contribution < 1.29 is 13.2 Å². The van der Waals surface area contributed by atoms with Crippen LogP contribution in [0.2, 0.25) is 0 Å². The molecule has 0 saturated heterocycles. The van der Waals surface area contributed by atoms with E-state index in [0.29, 0.717) is 16.3 Å². The Morgan fingerprint density at radius 2 is 2.05 bits per heavy atom. The minimum Gasteiger partial charge on any atom is -0.183 e. The van der Waals surface area contributed by atoms with Crippen molar-refractivity contribution in [2.75, 3.05) is 0 Å². The van der Waals surface area contributed by atoms with Crippen LogP contribution in [0, 0.1) is 0 Å². The molecular formula is C12H9F3N4S. The van der Waals surface area contributed by atoms with Crippen molar-refractivity contribution in [3.05, 3.63) is 34.8 Å². The van der Waals surface area contributed by atoms with Crippen LogP contribution < -0.4 is 0 Å². The van der Waals surface area contributed by atoms with E-state index in [-0.39, 0.29) is 0 Å². The zero-order valence-electron chi connectivity index (χ0n) is 10.3. The summed E-state index contributed by atoms with van der Waals surface area (Å²) in [6.45, 7) is 1.95. The average molecular weight is 298 g/mol. The lowest BCUT2D eigenvalue weighted by Gasteiger charge is -2.07. The third kappa shape index (κ3) is 2.15. The van der Waals surface area contributed by atoms with Crippen molar-refractivity contribution in [2.24, 2.45) is 0 Å². The van der Waals surface area contributed by atoms with Gasteiger partial charge in [-0.05, 0) is 18.6 Å². The van der Waals surface area contributed by atoms with Crippen LogP contribution in [-0.4, -0.2) is 19.8 Å². The highest BCUT2D eigenvalue weighted by Crippen LogP contribution is 2.32. The van der Waals surface area contributed by atoms with Gasteiger partial charge in [0.05, 0.1) is 5.56 Å². The van der Waals surface area contributed by atoms with Gasteiger partial charge in [0.25, 0.3) is 0 Å². The van der Waals surface area contributed by atoms with Crippen molar-refractivity contribution >= 4 is 16.3 Å². The highest BCUT2D eigenvalue weighted by Gasteiger charge is 2.30. The number of aromatic nitrogens is 4. The Bertz CT molecular complexity index is 759. The van der Waals surface area contributed by atoms with Gasteiger partial charge in [0.1, 0.15) is 5.01 Å². The van der Waals surface area contributed by atoms with E-state index in [9.17, 15) is 13.2 Å². The second-order valence-electron chi connectivity index (χ2n) is 4.15. The zero-order chi connectivity index (χ0) is 14.3. The van der Waals surface area contributed by atoms with Crippen LogP contribution in [0.25, 0.3) is 16.3 Å². The van der Waals surface area contributed by atoms with Crippen LogP contribution in [0.15, 0.2) is 24.3 Å². The first kappa shape index (κ1) is 13.0. The van der Waals surface area contributed by atoms with Gasteiger partial charge in [-0.15, -0.1) is 10.2 Å². The molecule has 0 aliphatic rings. The summed E-state index contributed by atoms with van der Waals surface area (Å²) < 4.78 is 39.7. The van der Waals surface area contributed by atoms with Gasteiger partial charge >= 0.3 is 6.18 Å². The smallest absolute Gasteiger partial charge is 0.183 e. The SMILES string of the molecule is CCc1nn2c(-c3cccc(C(F)(F)F)c3)nnc2s1. The quantitative estimate of drug-likeness (QED) is 0.728. The predicted molar refractivity (Wildman–Crippen MR) is 68.5 cm³/mol. The average Bonchev–Trinajstić information content (AvgIpc) is 2.97. The van der Waals surface area contributed by atoms with Crippen LogP contribution in [0.3, 0.4) is 0 Å². The molecule has 0 unspecified atom stereocenters. The van der Waals surface area contributed by atoms with Crippen LogP contribution in [0.1, 0.15) is 17.5 Å². The third-order valence-corrected chi connectivity index (χ3v) is 3.83. The summed E-state index contributed by atoms with van der Waals surface area (Å²) in [6.07, 6.45) is -3.63. The summed E-state index contributed by atoms with van der Waals surface area (Å²) in [7, 11) is 0. The van der Waals surface area contributed by atoms with Crippen LogP contribution in [0.4, 0.5) is 13.2 Å². The Morgan fingerprint density at radius 1 is 1.25 bits per heavy atom. The molecule has 1 aromatic carbocycles. The predicted octanol–water partition coefficient (Wildman–Crippen LogP) is 3.43. The van der Waals surface area contributed by atoms with Gasteiger partial charge in [-0.25, -0.2) is 0 Å². The molecule has 0 fully saturated rings. The molecule has 104 valence electrons. The van der Waals surface area contributed by atoms with Crippen molar-refractivity contribution in [3.63, 3.8) is 0 Å². The van der Waals surface area contributed by atoms with Crippen LogP contribution >= 0.6 is 11.3 Å². The number of benzene rings is 1. The van der Waals surface area contributed by atoms with Crippen molar-refractivity contribution in [3.8, 4) is 11.4 Å². The fourth-order valence-corrected chi connectivity index (χ4v) is 2.59. The van der Waals surface area contributed by atoms with E-state index >= 15 is 0 Å². The number of aryl methyl sites for hydroxylation is 1. The lowest BCUT2D eigenvalue weighted by molar-refractivity contribution is -0.137. The lowest BCUT2D eigenvalue weighted by atomic mass is 10.1. The second-order valence-corrected chi connectivity index (χ2v) is 5.19. The summed E-state index contributed by atoms with van der Waals surface area (Å²) >= 11 is 1.38. The van der Waals surface area contributed by atoms with Gasteiger partial charge in [-0.3, -0.25) is 0 Å². The topological polar surface area (TPSA) is 43.1 Å². The van der Waals surface area contributed by atoms with Gasteiger partial charge in [0.15, 0.2) is 5.82 Å². The van der Waals surface area contributed by atoms with Gasteiger partial charge in [-0.2, -0.15) is 22.8 Å². The normalized spacial score (nSPS) is 12.2. The summed E-state index contributed by atoms with van der Waals surface area (Å²) in [5.74, 6) is 0.321. The van der Waals surface area contributed by atoms with Crippen LogP contribution in [0.5, 0.6) is 0 Å². The van der Waals surface area contributed by atoms with E-state index in [1.165, 1.54) is 21.9 Å². The maximum absolute atomic E-state index is 12.7. The molecule has 0 aliphatic heterocycles. The number of fused-ring (bicyclic) bond motifs is 1. The number of nitrogens with zero attached hydrogens (tertiary/aromatic N) is 4. The van der Waals surface area contributed by atoms with E-state index in [0.717, 1.165) is 23.6 Å². The number of hydrogen-bond donors (Lipinski definition) is 0. The minimum absolute atomic E-state index is 0.321. The Morgan fingerprint density at radius 3 is 2.75 bits per heavy atom. The molecule has 2 heterocycles. The molecule has 0 radical (unpaired) electrons. The fraction of sp³-hybridized carbons (Fsp3) is 0.250. The molecule has 0 amide bonds. The first-order valence-electron chi connectivity index (χ1n) is 5.88. The largest absolute Gasteiger partial charge is 0.416 e. The molecule has 20 heavy (non-hydrogen) atoms. The number of alkyl halides is 3. The highest BCUT2D eigenvalue weighted by atomic mass is 32.1. The summed E-state index contributed by atoms with van der Waals surface area (Å²) in [5.41, 5.74) is -0.363. The van der Waals surface area contributed by atoms with Crippen molar-refractivity contribution in [1.82, 2.24) is 19.8 Å². The Kier molecular flexibility index (Phi) is 2.97.